The number of halogens is 1. The Labute approximate surface area is 103 Å². The number of hydrogen-bond acceptors (Lipinski definition) is 3. The Morgan fingerprint density at radius 1 is 1.27 bits per heavy atom. The number of carbonyl (C=O) groups excluding carboxylic acids is 1. The predicted octanol–water partition coefficient (Wildman–Crippen LogP) is 2.02. The van der Waals surface area contributed by atoms with Crippen molar-refractivity contribution in [3.63, 3.8) is 0 Å². The second-order valence-electron chi connectivity index (χ2n) is 3.07. The van der Waals surface area contributed by atoms with E-state index in [0.29, 0.717) is 6.42 Å². The molecule has 0 bridgehead atoms. The van der Waals surface area contributed by atoms with Gasteiger partial charge < -0.3 is 9.47 Å². The van der Waals surface area contributed by atoms with Gasteiger partial charge in [0.15, 0.2) is 5.78 Å². The predicted molar refractivity (Wildman–Crippen MR) is 65.7 cm³/mol. The molecule has 0 saturated carbocycles. The first kappa shape index (κ1) is 12.6. The summed E-state index contributed by atoms with van der Waals surface area (Å²) in [4.78, 5) is 11.6. The van der Waals surface area contributed by atoms with Gasteiger partial charge in [-0.25, -0.2) is 0 Å². The van der Waals surface area contributed by atoms with Crippen molar-refractivity contribution in [2.24, 2.45) is 0 Å². The number of ether oxygens (including phenoxy) is 2. The van der Waals surface area contributed by atoms with Crippen LogP contribution >= 0.6 is 22.6 Å². The average Bonchev–Trinajstić information content (AvgIpc) is 2.23. The summed E-state index contributed by atoms with van der Waals surface area (Å²) < 4.78 is 10.9. The van der Waals surface area contributed by atoms with Gasteiger partial charge in [-0.05, 0) is 40.3 Å². The Morgan fingerprint density at radius 2 is 1.80 bits per heavy atom. The SMILES string of the molecule is COC(OC)C(=O)Cc1ccc(I)cc1. The molecule has 0 amide bonds. The van der Waals surface area contributed by atoms with Crippen molar-refractivity contribution in [2.75, 3.05) is 14.2 Å². The lowest BCUT2D eigenvalue weighted by Crippen LogP contribution is -2.26. The first-order valence-corrected chi connectivity index (χ1v) is 5.58. The number of methoxy groups -OCH3 is 2. The smallest absolute Gasteiger partial charge is 0.217 e. The van der Waals surface area contributed by atoms with Crippen molar-refractivity contribution in [3.05, 3.63) is 33.4 Å². The normalized spacial score (nSPS) is 10.7. The molecule has 1 aromatic rings. The van der Waals surface area contributed by atoms with E-state index in [4.69, 9.17) is 9.47 Å². The van der Waals surface area contributed by atoms with Crippen molar-refractivity contribution < 1.29 is 14.3 Å². The Bertz CT molecular complexity index is 317. The highest BCUT2D eigenvalue weighted by Gasteiger charge is 2.16. The van der Waals surface area contributed by atoms with E-state index >= 15 is 0 Å². The van der Waals surface area contributed by atoms with Crippen molar-refractivity contribution in [1.82, 2.24) is 0 Å². The summed E-state index contributed by atoms with van der Waals surface area (Å²) in [7, 11) is 2.92. The summed E-state index contributed by atoms with van der Waals surface area (Å²) in [5.74, 6) is -0.0683. The van der Waals surface area contributed by atoms with E-state index in [1.54, 1.807) is 0 Å². The molecule has 1 rings (SSSR count). The van der Waals surface area contributed by atoms with Crippen molar-refractivity contribution in [2.45, 2.75) is 12.7 Å². The first-order chi connectivity index (χ1) is 7.17. The number of benzene rings is 1. The van der Waals surface area contributed by atoms with Crippen LogP contribution < -0.4 is 0 Å². The van der Waals surface area contributed by atoms with Gasteiger partial charge in [-0.2, -0.15) is 0 Å². The molecular weight excluding hydrogens is 307 g/mol. The monoisotopic (exact) mass is 320 g/mol. The summed E-state index contributed by atoms with van der Waals surface area (Å²) in [6.07, 6.45) is -0.423. The van der Waals surface area contributed by atoms with E-state index in [9.17, 15) is 4.79 Å². The van der Waals surface area contributed by atoms with Crippen LogP contribution in [0.4, 0.5) is 0 Å². The van der Waals surface area contributed by atoms with Crippen LogP contribution in [0.5, 0.6) is 0 Å². The third kappa shape index (κ3) is 3.89. The number of Topliss-reactive ketones (excluding diaryl/α,β-unsaturated/α-hetero) is 1. The topological polar surface area (TPSA) is 35.5 Å². The first-order valence-electron chi connectivity index (χ1n) is 4.50. The molecule has 0 aliphatic heterocycles. The van der Waals surface area contributed by atoms with Gasteiger partial charge in [0, 0.05) is 24.2 Å². The molecule has 4 heteroatoms. The molecule has 82 valence electrons. The number of rotatable bonds is 5. The number of ketones is 1. The van der Waals surface area contributed by atoms with Crippen molar-refractivity contribution >= 4 is 28.4 Å². The Morgan fingerprint density at radius 3 is 2.27 bits per heavy atom. The average molecular weight is 320 g/mol. The van der Waals surface area contributed by atoms with Crippen LogP contribution in [-0.2, 0) is 20.7 Å². The second kappa shape index (κ2) is 6.19. The van der Waals surface area contributed by atoms with Crippen LogP contribution in [0.3, 0.4) is 0 Å². The molecule has 3 nitrogen and oxygen atoms in total. The van der Waals surface area contributed by atoms with Crippen LogP contribution in [0.25, 0.3) is 0 Å². The van der Waals surface area contributed by atoms with Gasteiger partial charge in [-0.1, -0.05) is 12.1 Å². The van der Waals surface area contributed by atoms with E-state index in [0.717, 1.165) is 9.13 Å². The molecule has 0 N–H and O–H groups in total. The maximum Gasteiger partial charge on any atom is 0.217 e. The fourth-order valence-corrected chi connectivity index (χ4v) is 1.61. The van der Waals surface area contributed by atoms with Gasteiger partial charge in [0.05, 0.1) is 0 Å². The lowest BCUT2D eigenvalue weighted by molar-refractivity contribution is -0.155. The molecule has 15 heavy (non-hydrogen) atoms. The highest BCUT2D eigenvalue weighted by molar-refractivity contribution is 14.1. The minimum absolute atomic E-state index is 0.0683. The lowest BCUT2D eigenvalue weighted by atomic mass is 10.1. The van der Waals surface area contributed by atoms with Gasteiger partial charge in [-0.3, -0.25) is 4.79 Å². The largest absolute Gasteiger partial charge is 0.349 e. The van der Waals surface area contributed by atoms with E-state index in [1.807, 2.05) is 24.3 Å². The van der Waals surface area contributed by atoms with E-state index in [2.05, 4.69) is 22.6 Å². The van der Waals surface area contributed by atoms with E-state index in [1.165, 1.54) is 14.2 Å². The summed E-state index contributed by atoms with van der Waals surface area (Å²) in [5, 5.41) is 0. The molecule has 0 unspecified atom stereocenters. The summed E-state index contributed by atoms with van der Waals surface area (Å²) in [6.45, 7) is 0. The Kier molecular flexibility index (Phi) is 5.21. The lowest BCUT2D eigenvalue weighted by Gasteiger charge is -2.11. The fraction of sp³-hybridized carbons (Fsp3) is 0.364. The maximum atomic E-state index is 11.6. The van der Waals surface area contributed by atoms with Crippen molar-refractivity contribution in [3.8, 4) is 0 Å². The fourth-order valence-electron chi connectivity index (χ4n) is 1.25. The molecule has 0 fully saturated rings. The zero-order valence-corrected chi connectivity index (χ0v) is 10.9. The summed E-state index contributed by atoms with van der Waals surface area (Å²) in [6, 6.07) is 7.81. The number of hydrogen-bond donors (Lipinski definition) is 0. The highest BCUT2D eigenvalue weighted by Crippen LogP contribution is 2.09. The van der Waals surface area contributed by atoms with Crippen LogP contribution in [0.2, 0.25) is 0 Å². The third-order valence-electron chi connectivity index (χ3n) is 1.98. The zero-order chi connectivity index (χ0) is 11.3. The van der Waals surface area contributed by atoms with Gasteiger partial charge in [0.1, 0.15) is 0 Å². The van der Waals surface area contributed by atoms with Gasteiger partial charge in [-0.15, -0.1) is 0 Å². The Balaban J connectivity index is 2.61. The molecule has 0 spiro atoms. The van der Waals surface area contributed by atoms with Crippen LogP contribution in [0.15, 0.2) is 24.3 Å². The molecular formula is C11H13IO3. The summed E-state index contributed by atoms with van der Waals surface area (Å²) in [5.41, 5.74) is 0.972. The van der Waals surface area contributed by atoms with Crippen molar-refractivity contribution in [1.29, 1.82) is 0 Å². The number of carbonyl (C=O) groups is 1. The van der Waals surface area contributed by atoms with Crippen LogP contribution in [0.1, 0.15) is 5.56 Å². The quantitative estimate of drug-likeness (QED) is 0.615. The molecule has 0 heterocycles. The Hall–Kier alpha value is -0.460. The second-order valence-corrected chi connectivity index (χ2v) is 4.32. The van der Waals surface area contributed by atoms with E-state index < -0.39 is 6.29 Å². The molecule has 0 saturated heterocycles. The standard InChI is InChI=1S/C11H13IO3/c1-14-11(15-2)10(13)7-8-3-5-9(12)6-4-8/h3-6,11H,7H2,1-2H3. The molecule has 1 aromatic carbocycles. The maximum absolute atomic E-state index is 11.6. The van der Waals surface area contributed by atoms with E-state index in [-0.39, 0.29) is 5.78 Å². The van der Waals surface area contributed by atoms with Crippen LogP contribution in [0, 0.1) is 3.57 Å². The van der Waals surface area contributed by atoms with Crippen LogP contribution in [-0.4, -0.2) is 26.3 Å². The van der Waals surface area contributed by atoms with Gasteiger partial charge >= 0.3 is 0 Å². The molecule has 0 radical (unpaired) electrons. The molecule has 0 aliphatic rings. The minimum Gasteiger partial charge on any atom is -0.349 e. The minimum atomic E-state index is -0.760. The molecule has 0 aliphatic carbocycles. The third-order valence-corrected chi connectivity index (χ3v) is 2.70. The molecule has 0 aromatic heterocycles. The zero-order valence-electron chi connectivity index (χ0n) is 8.70. The highest BCUT2D eigenvalue weighted by atomic mass is 127. The van der Waals surface area contributed by atoms with Gasteiger partial charge in [0.2, 0.25) is 6.29 Å². The summed E-state index contributed by atoms with van der Waals surface area (Å²) >= 11 is 2.22. The van der Waals surface area contributed by atoms with Gasteiger partial charge in [0.25, 0.3) is 0 Å². The molecule has 0 atom stereocenters.